The van der Waals surface area contributed by atoms with Crippen molar-refractivity contribution in [2.45, 2.75) is 51.6 Å². The lowest BCUT2D eigenvalue weighted by atomic mass is 9.69. The van der Waals surface area contributed by atoms with E-state index in [1.54, 1.807) is 0 Å². The minimum atomic E-state index is -0.263. The van der Waals surface area contributed by atoms with Crippen LogP contribution in [0.1, 0.15) is 46.0 Å². The molecule has 18 heavy (non-hydrogen) atoms. The molecule has 0 N–H and O–H groups in total. The third-order valence-corrected chi connectivity index (χ3v) is 4.60. The molecule has 0 radical (unpaired) electrons. The highest BCUT2D eigenvalue weighted by Gasteiger charge is 2.52. The third-order valence-electron chi connectivity index (χ3n) is 4.08. The molecule has 1 fully saturated rings. The first kappa shape index (κ1) is 14.1. The van der Waals surface area contributed by atoms with Gasteiger partial charge in [-0.05, 0) is 45.4 Å². The van der Waals surface area contributed by atoms with Crippen LogP contribution in [0.4, 0.5) is 0 Å². The monoisotopic (exact) mass is 310 g/mol. The van der Waals surface area contributed by atoms with Crippen LogP contribution in [-0.2, 0) is 9.31 Å². The quantitative estimate of drug-likeness (QED) is 0.763. The van der Waals surface area contributed by atoms with E-state index in [2.05, 4.69) is 74.8 Å². The van der Waals surface area contributed by atoms with Gasteiger partial charge in [-0.15, -0.1) is 0 Å². The summed E-state index contributed by atoms with van der Waals surface area (Å²) in [6.45, 7) is 10.5. The van der Waals surface area contributed by atoms with Gasteiger partial charge in [0.2, 0.25) is 0 Å². The SMILES string of the molecule is CC(B1OC(C)(C)C(C)(C)O1)c1ccc(Br)cc1. The molecule has 4 heteroatoms. The molecule has 1 aliphatic rings. The Hall–Kier alpha value is -0.315. The van der Waals surface area contributed by atoms with Gasteiger partial charge in [-0.25, -0.2) is 0 Å². The first-order valence-electron chi connectivity index (χ1n) is 6.34. The third kappa shape index (κ3) is 2.51. The van der Waals surface area contributed by atoms with Gasteiger partial charge >= 0.3 is 7.12 Å². The van der Waals surface area contributed by atoms with E-state index < -0.39 is 0 Å². The molecule has 2 rings (SSSR count). The van der Waals surface area contributed by atoms with Gasteiger partial charge in [0.15, 0.2) is 0 Å². The van der Waals surface area contributed by atoms with Crippen LogP contribution in [0.5, 0.6) is 0 Å². The minimum Gasteiger partial charge on any atom is -0.403 e. The molecule has 0 amide bonds. The molecule has 1 atom stereocenters. The van der Waals surface area contributed by atoms with Crippen molar-refractivity contribution < 1.29 is 9.31 Å². The Bertz CT molecular complexity index is 412. The summed E-state index contributed by atoms with van der Waals surface area (Å²) in [6.07, 6.45) is 0. The normalized spacial score (nSPS) is 23.1. The van der Waals surface area contributed by atoms with Crippen molar-refractivity contribution in [3.05, 3.63) is 34.3 Å². The molecule has 0 aromatic heterocycles. The minimum absolute atomic E-state index is 0.184. The molecular formula is C14H20BBrO2. The van der Waals surface area contributed by atoms with E-state index in [9.17, 15) is 0 Å². The van der Waals surface area contributed by atoms with E-state index in [4.69, 9.17) is 9.31 Å². The molecule has 2 nitrogen and oxygen atoms in total. The Morgan fingerprint density at radius 1 is 1.00 bits per heavy atom. The Balaban J connectivity index is 2.17. The van der Waals surface area contributed by atoms with Crippen LogP contribution in [-0.4, -0.2) is 18.3 Å². The Morgan fingerprint density at radius 2 is 1.44 bits per heavy atom. The average Bonchev–Trinajstić information content (AvgIpc) is 2.48. The maximum absolute atomic E-state index is 6.08. The molecule has 0 spiro atoms. The molecule has 1 aliphatic heterocycles. The van der Waals surface area contributed by atoms with Crippen molar-refractivity contribution in [1.82, 2.24) is 0 Å². The first-order chi connectivity index (χ1) is 8.23. The standard InChI is InChI=1S/C14H20BBrO2/c1-10(11-6-8-12(16)9-7-11)15-17-13(2,3)14(4,5)18-15/h6-10H,1-5H3. The van der Waals surface area contributed by atoms with Gasteiger partial charge in [-0.1, -0.05) is 35.0 Å². The van der Waals surface area contributed by atoms with Crippen LogP contribution >= 0.6 is 15.9 Å². The zero-order chi connectivity index (χ0) is 13.6. The molecule has 0 aliphatic carbocycles. The van der Waals surface area contributed by atoms with Gasteiger partial charge in [0.05, 0.1) is 11.2 Å². The highest BCUT2D eigenvalue weighted by Crippen LogP contribution is 2.40. The van der Waals surface area contributed by atoms with Gasteiger partial charge in [0, 0.05) is 10.3 Å². The van der Waals surface area contributed by atoms with Gasteiger partial charge in [-0.3, -0.25) is 0 Å². The van der Waals surface area contributed by atoms with E-state index in [1.165, 1.54) is 5.56 Å². The van der Waals surface area contributed by atoms with Crippen molar-refractivity contribution in [1.29, 1.82) is 0 Å². The van der Waals surface area contributed by atoms with Crippen molar-refractivity contribution in [3.63, 3.8) is 0 Å². The Kier molecular flexibility index (Phi) is 3.65. The van der Waals surface area contributed by atoms with Gasteiger partial charge < -0.3 is 9.31 Å². The smallest absolute Gasteiger partial charge is 0.403 e. The first-order valence-corrected chi connectivity index (χ1v) is 7.13. The predicted molar refractivity (Wildman–Crippen MR) is 78.6 cm³/mol. The molecule has 0 saturated carbocycles. The van der Waals surface area contributed by atoms with E-state index in [0.29, 0.717) is 0 Å². The number of benzene rings is 1. The summed E-state index contributed by atoms with van der Waals surface area (Å²) in [5.74, 6) is 0.221. The van der Waals surface area contributed by atoms with Crippen LogP contribution in [0.15, 0.2) is 28.7 Å². The summed E-state index contributed by atoms with van der Waals surface area (Å²) >= 11 is 3.45. The van der Waals surface area contributed by atoms with Crippen LogP contribution in [0.3, 0.4) is 0 Å². The zero-order valence-corrected chi connectivity index (χ0v) is 13.2. The van der Waals surface area contributed by atoms with E-state index in [-0.39, 0.29) is 24.1 Å². The lowest BCUT2D eigenvalue weighted by molar-refractivity contribution is 0.00578. The maximum Gasteiger partial charge on any atom is 0.465 e. The number of halogens is 1. The topological polar surface area (TPSA) is 18.5 Å². The Morgan fingerprint density at radius 3 is 1.89 bits per heavy atom. The molecule has 0 bridgehead atoms. The summed E-state index contributed by atoms with van der Waals surface area (Å²) in [5.41, 5.74) is 0.708. The lowest BCUT2D eigenvalue weighted by Crippen LogP contribution is -2.41. The number of hydrogen-bond donors (Lipinski definition) is 0. The molecule has 1 unspecified atom stereocenters. The molecule has 1 aromatic carbocycles. The maximum atomic E-state index is 6.08. The molecule has 1 aromatic rings. The van der Waals surface area contributed by atoms with Crippen LogP contribution in [0.25, 0.3) is 0 Å². The number of rotatable bonds is 2. The second kappa shape index (κ2) is 4.66. The van der Waals surface area contributed by atoms with Crippen molar-refractivity contribution >= 4 is 23.0 Å². The predicted octanol–water partition coefficient (Wildman–Crippen LogP) is 4.18. The highest BCUT2D eigenvalue weighted by atomic mass is 79.9. The van der Waals surface area contributed by atoms with E-state index in [1.807, 2.05) is 0 Å². The van der Waals surface area contributed by atoms with Crippen LogP contribution < -0.4 is 0 Å². The summed E-state index contributed by atoms with van der Waals surface area (Å²) in [5, 5.41) is 0. The zero-order valence-electron chi connectivity index (χ0n) is 11.7. The molecular weight excluding hydrogens is 291 g/mol. The second-order valence-electron chi connectivity index (χ2n) is 5.96. The van der Waals surface area contributed by atoms with Crippen molar-refractivity contribution in [2.75, 3.05) is 0 Å². The van der Waals surface area contributed by atoms with Gasteiger partial charge in [-0.2, -0.15) is 0 Å². The summed E-state index contributed by atoms with van der Waals surface area (Å²) in [4.78, 5) is 0. The van der Waals surface area contributed by atoms with Gasteiger partial charge in [0.1, 0.15) is 0 Å². The van der Waals surface area contributed by atoms with Crippen LogP contribution in [0, 0.1) is 0 Å². The molecule has 1 heterocycles. The highest BCUT2D eigenvalue weighted by molar-refractivity contribution is 9.10. The number of hydrogen-bond acceptors (Lipinski definition) is 2. The second-order valence-corrected chi connectivity index (χ2v) is 6.88. The van der Waals surface area contributed by atoms with E-state index in [0.717, 1.165) is 4.47 Å². The fraction of sp³-hybridized carbons (Fsp3) is 0.571. The summed E-state index contributed by atoms with van der Waals surface area (Å²) < 4.78 is 13.2. The van der Waals surface area contributed by atoms with Crippen molar-refractivity contribution in [3.8, 4) is 0 Å². The van der Waals surface area contributed by atoms with E-state index >= 15 is 0 Å². The molecule has 98 valence electrons. The lowest BCUT2D eigenvalue weighted by Gasteiger charge is -2.32. The molecule has 1 saturated heterocycles. The fourth-order valence-electron chi connectivity index (χ4n) is 2.02. The van der Waals surface area contributed by atoms with Crippen molar-refractivity contribution in [2.24, 2.45) is 0 Å². The summed E-state index contributed by atoms with van der Waals surface area (Å²) in [7, 11) is -0.184. The fourth-order valence-corrected chi connectivity index (χ4v) is 2.28. The largest absolute Gasteiger partial charge is 0.465 e. The average molecular weight is 311 g/mol. The summed E-state index contributed by atoms with van der Waals surface area (Å²) in [6, 6.07) is 8.33. The van der Waals surface area contributed by atoms with Gasteiger partial charge in [0.25, 0.3) is 0 Å². The van der Waals surface area contributed by atoms with Crippen LogP contribution in [0.2, 0.25) is 0 Å². The Labute approximate surface area is 118 Å².